The quantitative estimate of drug-likeness (QED) is 0.225. The highest BCUT2D eigenvalue weighted by molar-refractivity contribution is 7.09. The molecule has 0 radical (unpaired) electrons. The number of aliphatic imine (C=N–C) groups is 1. The third kappa shape index (κ3) is 12.4. The number of fused-ring (bicyclic) bond motifs is 1. The number of likely N-dealkylation sites (N-methyl/N-ethyl adjacent to an activating group) is 1. The molecule has 5 rings (SSSR count). The van der Waals surface area contributed by atoms with E-state index in [0.29, 0.717) is 31.1 Å². The molecule has 8 atom stereocenters. The summed E-state index contributed by atoms with van der Waals surface area (Å²) < 4.78 is 0. The van der Waals surface area contributed by atoms with E-state index in [0.717, 1.165) is 18.7 Å². The number of nitrogens with one attached hydrogen (secondary N) is 5. The van der Waals surface area contributed by atoms with E-state index in [1.807, 2.05) is 112 Å². The van der Waals surface area contributed by atoms with Crippen molar-refractivity contribution in [2.75, 3.05) is 46.3 Å². The lowest BCUT2D eigenvalue weighted by molar-refractivity contribution is -0.140. The Balaban J connectivity index is 1.52. The first-order chi connectivity index (χ1) is 29.6. The zero-order valence-corrected chi connectivity index (χ0v) is 39.8. The first-order valence-corrected chi connectivity index (χ1v) is 23.2. The molecular weight excluding hydrogens is 821 g/mol. The van der Waals surface area contributed by atoms with Crippen LogP contribution in [0.3, 0.4) is 0 Å². The molecular formula is C46H70N10O6S. The fraction of sp³-hybridized carbons (Fsp3) is 0.652. The van der Waals surface area contributed by atoms with Crippen molar-refractivity contribution in [3.8, 4) is 0 Å². The van der Waals surface area contributed by atoms with E-state index in [9.17, 15) is 28.8 Å². The average Bonchev–Trinajstić information content (AvgIpc) is 3.90. The van der Waals surface area contributed by atoms with E-state index >= 15 is 0 Å². The number of amides is 6. The number of hydrogen-bond donors (Lipinski definition) is 5. The van der Waals surface area contributed by atoms with E-state index in [-0.39, 0.29) is 48.4 Å². The standard InChI is InChI=1S/C46H70N10O6S/c1-27(2)34-40(59)53-37(45(5,6)7)39(48-26-33(58)56-19-17-28(3)36(56)42(61)50-34)52-38(46(8,9)10)43(62)51-35(29(4)30-15-13-12-14-16-30)41(60)49-31(44-47-18-24-63-44)25-32(57)55-22-20-54(11)21-23-55/h12-16,18,24,27-29,31,34-38H,17,19-23,25-26H2,1-11H3,(H,48,52)(H,49,60)(H,50,61)(H,51,62)(H,53,59)/t28-,29+,31-,34+,35?,36+,37?,38?/m1/s1. The van der Waals surface area contributed by atoms with Crippen LogP contribution >= 0.6 is 11.3 Å². The van der Waals surface area contributed by atoms with Gasteiger partial charge in [0.1, 0.15) is 35.0 Å². The van der Waals surface area contributed by atoms with Crippen LogP contribution in [-0.2, 0) is 28.8 Å². The highest BCUT2D eigenvalue weighted by Gasteiger charge is 2.44. The first kappa shape index (κ1) is 49.1. The molecule has 3 saturated heterocycles. The Morgan fingerprint density at radius 1 is 0.905 bits per heavy atom. The molecule has 0 bridgehead atoms. The maximum Gasteiger partial charge on any atom is 0.246 e. The number of benzene rings is 1. The van der Waals surface area contributed by atoms with Gasteiger partial charge in [-0.1, -0.05) is 99.6 Å². The van der Waals surface area contributed by atoms with Gasteiger partial charge in [0.25, 0.3) is 0 Å². The molecule has 3 unspecified atom stereocenters. The summed E-state index contributed by atoms with van der Waals surface area (Å²) in [6.07, 6.45) is 2.27. The summed E-state index contributed by atoms with van der Waals surface area (Å²) in [5.74, 6) is -2.91. The minimum absolute atomic E-state index is 0.00432. The maximum atomic E-state index is 15.0. The lowest BCUT2D eigenvalue weighted by Gasteiger charge is -2.38. The van der Waals surface area contributed by atoms with Crippen LogP contribution in [-0.4, -0.2) is 137 Å². The zero-order chi connectivity index (χ0) is 46.4. The van der Waals surface area contributed by atoms with Crippen LogP contribution in [0, 0.1) is 22.7 Å². The van der Waals surface area contributed by atoms with E-state index in [4.69, 9.17) is 4.99 Å². The molecule has 3 fully saturated rings. The summed E-state index contributed by atoms with van der Waals surface area (Å²) in [5, 5.41) is 17.9. The summed E-state index contributed by atoms with van der Waals surface area (Å²) in [4.78, 5) is 100. The van der Waals surface area contributed by atoms with Crippen LogP contribution in [0.4, 0.5) is 0 Å². The molecule has 0 spiro atoms. The topological polar surface area (TPSA) is 198 Å². The van der Waals surface area contributed by atoms with Crippen molar-refractivity contribution in [2.45, 2.75) is 124 Å². The van der Waals surface area contributed by atoms with Gasteiger partial charge in [-0.25, -0.2) is 4.98 Å². The number of amidine groups is 1. The average molecular weight is 891 g/mol. The smallest absolute Gasteiger partial charge is 0.246 e. The Bertz CT molecular complexity index is 1950. The molecule has 3 aliphatic rings. The third-order valence-electron chi connectivity index (χ3n) is 12.4. The van der Waals surface area contributed by atoms with Crippen molar-refractivity contribution >= 4 is 52.6 Å². The van der Waals surface area contributed by atoms with Gasteiger partial charge in [-0.3, -0.25) is 33.8 Å². The van der Waals surface area contributed by atoms with Crippen molar-refractivity contribution in [3.05, 3.63) is 52.5 Å². The summed E-state index contributed by atoms with van der Waals surface area (Å²) in [5.41, 5.74) is -0.717. The second-order valence-electron chi connectivity index (χ2n) is 20.0. The van der Waals surface area contributed by atoms with Crippen molar-refractivity contribution < 1.29 is 28.8 Å². The predicted octanol–water partition coefficient (Wildman–Crippen LogP) is 3.08. The van der Waals surface area contributed by atoms with Crippen LogP contribution < -0.4 is 26.6 Å². The third-order valence-corrected chi connectivity index (χ3v) is 13.3. The normalized spacial score (nSPS) is 24.5. The van der Waals surface area contributed by atoms with Crippen LogP contribution in [0.1, 0.15) is 105 Å². The van der Waals surface area contributed by atoms with E-state index < -0.39 is 70.7 Å². The zero-order valence-electron chi connectivity index (χ0n) is 39.0. The minimum atomic E-state index is -1.13. The number of nitrogens with zero attached hydrogens (tertiary/aromatic N) is 5. The number of aromatic nitrogens is 1. The van der Waals surface area contributed by atoms with Crippen LogP contribution in [0.25, 0.3) is 0 Å². The van der Waals surface area contributed by atoms with E-state index in [1.54, 1.807) is 16.5 Å². The number of piperazine rings is 1. The summed E-state index contributed by atoms with van der Waals surface area (Å²) in [6, 6.07) is 3.96. The summed E-state index contributed by atoms with van der Waals surface area (Å²) >= 11 is 1.34. The van der Waals surface area contributed by atoms with Crippen LogP contribution in [0.2, 0.25) is 0 Å². The summed E-state index contributed by atoms with van der Waals surface area (Å²) in [6.45, 7) is 21.7. The molecule has 0 saturated carbocycles. The number of carbonyl (C=O) groups excluding carboxylic acids is 6. The van der Waals surface area contributed by atoms with Gasteiger partial charge in [-0.05, 0) is 41.7 Å². The summed E-state index contributed by atoms with van der Waals surface area (Å²) in [7, 11) is 2.02. The molecule has 346 valence electrons. The van der Waals surface area contributed by atoms with Crippen molar-refractivity contribution in [2.24, 2.45) is 27.7 Å². The Kier molecular flexibility index (Phi) is 16.2. The molecule has 6 amide bonds. The predicted molar refractivity (Wildman–Crippen MR) is 245 cm³/mol. The van der Waals surface area contributed by atoms with Gasteiger partial charge in [0, 0.05) is 50.2 Å². The first-order valence-electron chi connectivity index (χ1n) is 22.3. The molecule has 5 N–H and O–H groups in total. The van der Waals surface area contributed by atoms with Gasteiger partial charge in [0.2, 0.25) is 35.4 Å². The van der Waals surface area contributed by atoms with Gasteiger partial charge in [-0.2, -0.15) is 0 Å². The molecule has 4 heterocycles. The van der Waals surface area contributed by atoms with Crippen LogP contribution in [0.5, 0.6) is 0 Å². The fourth-order valence-electron chi connectivity index (χ4n) is 8.43. The molecule has 1 aromatic heterocycles. The largest absolute Gasteiger partial charge is 0.363 e. The molecule has 63 heavy (non-hydrogen) atoms. The lowest BCUT2D eigenvalue weighted by atomic mass is 9.83. The van der Waals surface area contributed by atoms with Gasteiger partial charge in [-0.15, -0.1) is 11.3 Å². The van der Waals surface area contributed by atoms with E-state index in [1.165, 1.54) is 11.3 Å². The van der Waals surface area contributed by atoms with Crippen molar-refractivity contribution in [1.29, 1.82) is 0 Å². The molecule has 2 aromatic rings. The highest BCUT2D eigenvalue weighted by Crippen LogP contribution is 2.30. The van der Waals surface area contributed by atoms with E-state index in [2.05, 4.69) is 36.5 Å². The number of rotatable bonds is 11. The number of thiazole rings is 1. The maximum absolute atomic E-state index is 15.0. The van der Waals surface area contributed by atoms with Gasteiger partial charge in [0.15, 0.2) is 0 Å². The Morgan fingerprint density at radius 2 is 1.57 bits per heavy atom. The van der Waals surface area contributed by atoms with Gasteiger partial charge in [0.05, 0.1) is 25.0 Å². The van der Waals surface area contributed by atoms with Crippen LogP contribution in [0.15, 0.2) is 46.9 Å². The molecule has 17 heteroatoms. The van der Waals surface area contributed by atoms with Crippen molar-refractivity contribution in [3.63, 3.8) is 0 Å². The molecule has 1 aromatic carbocycles. The minimum Gasteiger partial charge on any atom is -0.363 e. The van der Waals surface area contributed by atoms with Crippen molar-refractivity contribution in [1.82, 2.24) is 46.3 Å². The highest BCUT2D eigenvalue weighted by atomic mass is 32.1. The fourth-order valence-corrected chi connectivity index (χ4v) is 9.12. The lowest BCUT2D eigenvalue weighted by Crippen LogP contribution is -2.63. The number of carbonyl (C=O) groups is 6. The second kappa shape index (κ2) is 20.7. The Morgan fingerprint density at radius 3 is 2.16 bits per heavy atom. The number of hydrogen-bond acceptors (Lipinski definition) is 10. The monoisotopic (exact) mass is 891 g/mol. The SMILES string of the molecule is CC(C)[C@@H]1NC(=O)[C@@H]2[C@H](C)CCN2C(=O)CN/C(=N\C(C(=O)NC(C(=O)N[C@H](CC(=O)N2CCN(C)CC2)c2nccs2)[C@@H](C)c2ccccc2)C(C)(C)C)C(C(C)(C)C)NC1=O. The second-order valence-corrected chi connectivity index (χ2v) is 20.9. The van der Waals surface area contributed by atoms with Gasteiger partial charge < -0.3 is 41.3 Å². The van der Waals surface area contributed by atoms with Gasteiger partial charge >= 0.3 is 0 Å². The Hall–Kier alpha value is -4.90. The molecule has 0 aliphatic carbocycles. The molecule has 3 aliphatic heterocycles. The molecule has 16 nitrogen and oxygen atoms in total. The Labute approximate surface area is 377 Å².